The molecule has 2 fully saturated rings. The van der Waals surface area contributed by atoms with Gasteiger partial charge in [0.1, 0.15) is 0 Å². The first kappa shape index (κ1) is 14.0. The van der Waals surface area contributed by atoms with E-state index in [1.54, 1.807) is 4.90 Å². The fraction of sp³-hybridized carbons (Fsp3) is 0.467. The molecule has 6 heteroatoms. The molecular formula is C15H20N4O2. The first-order valence-corrected chi connectivity index (χ1v) is 7.36. The molecule has 1 aromatic carbocycles. The van der Waals surface area contributed by atoms with Crippen LogP contribution in [0.3, 0.4) is 0 Å². The third-order valence-electron chi connectivity index (χ3n) is 3.95. The fourth-order valence-corrected chi connectivity index (χ4v) is 2.83. The second kappa shape index (κ2) is 6.24. The molecule has 2 amide bonds. The maximum absolute atomic E-state index is 12.1. The van der Waals surface area contributed by atoms with E-state index >= 15 is 0 Å². The number of anilines is 1. The number of carbonyl (C=O) groups is 2. The summed E-state index contributed by atoms with van der Waals surface area (Å²) in [4.78, 5) is 27.6. The molecule has 1 aromatic rings. The maximum atomic E-state index is 12.1. The molecule has 2 saturated heterocycles. The summed E-state index contributed by atoms with van der Waals surface area (Å²) in [6.07, 6.45) is 0. The Morgan fingerprint density at radius 3 is 2.57 bits per heavy atom. The van der Waals surface area contributed by atoms with E-state index in [1.807, 2.05) is 24.3 Å². The van der Waals surface area contributed by atoms with E-state index in [0.717, 1.165) is 44.0 Å². The van der Waals surface area contributed by atoms with Crippen LogP contribution in [-0.4, -0.2) is 56.0 Å². The molecule has 2 N–H and O–H groups in total. The summed E-state index contributed by atoms with van der Waals surface area (Å²) in [6, 6.07) is 7.86. The number of benzene rings is 1. The predicted molar refractivity (Wildman–Crippen MR) is 80.0 cm³/mol. The lowest BCUT2D eigenvalue weighted by Gasteiger charge is -2.31. The zero-order valence-corrected chi connectivity index (χ0v) is 12.0. The molecule has 0 unspecified atom stereocenters. The van der Waals surface area contributed by atoms with Crippen molar-refractivity contribution >= 4 is 17.5 Å². The Hall–Kier alpha value is -1.92. The fourth-order valence-electron chi connectivity index (χ4n) is 2.83. The standard InChI is InChI=1S/C15H20N4O2/c20-14-15(21)19(10-7-17-14)13-4-2-1-3-12(13)11-18-8-5-16-6-9-18/h1-4,16H,5-11H2,(H,17,20). The van der Waals surface area contributed by atoms with Crippen LogP contribution in [0.1, 0.15) is 5.56 Å². The van der Waals surface area contributed by atoms with E-state index in [2.05, 4.69) is 15.5 Å². The van der Waals surface area contributed by atoms with Crippen LogP contribution in [0, 0.1) is 0 Å². The van der Waals surface area contributed by atoms with Crippen molar-refractivity contribution < 1.29 is 9.59 Å². The van der Waals surface area contributed by atoms with Gasteiger partial charge in [0.15, 0.2) is 0 Å². The second-order valence-corrected chi connectivity index (χ2v) is 5.37. The molecule has 0 spiro atoms. The van der Waals surface area contributed by atoms with Gasteiger partial charge in [0.05, 0.1) is 0 Å². The van der Waals surface area contributed by atoms with E-state index in [9.17, 15) is 9.59 Å². The molecule has 3 rings (SSSR count). The monoisotopic (exact) mass is 288 g/mol. The Labute approximate surface area is 124 Å². The molecule has 0 bridgehead atoms. The Bertz CT molecular complexity index is 540. The van der Waals surface area contributed by atoms with Crippen molar-refractivity contribution in [3.63, 3.8) is 0 Å². The lowest BCUT2D eigenvalue weighted by atomic mass is 10.1. The Morgan fingerprint density at radius 2 is 1.76 bits per heavy atom. The number of nitrogens with one attached hydrogen (secondary N) is 2. The maximum Gasteiger partial charge on any atom is 0.316 e. The summed E-state index contributed by atoms with van der Waals surface area (Å²) in [6.45, 7) is 5.84. The quantitative estimate of drug-likeness (QED) is 0.740. The van der Waals surface area contributed by atoms with Gasteiger partial charge in [-0.25, -0.2) is 0 Å². The van der Waals surface area contributed by atoms with Crippen LogP contribution in [0.4, 0.5) is 5.69 Å². The Balaban J connectivity index is 1.81. The summed E-state index contributed by atoms with van der Waals surface area (Å²) in [7, 11) is 0. The Kier molecular flexibility index (Phi) is 4.17. The van der Waals surface area contributed by atoms with Gasteiger partial charge in [-0.3, -0.25) is 14.5 Å². The molecule has 6 nitrogen and oxygen atoms in total. The molecule has 112 valence electrons. The number of hydrogen-bond acceptors (Lipinski definition) is 4. The smallest absolute Gasteiger partial charge is 0.316 e. The van der Waals surface area contributed by atoms with Gasteiger partial charge >= 0.3 is 11.8 Å². The molecule has 0 aliphatic carbocycles. The van der Waals surface area contributed by atoms with Gasteiger partial charge in [0.2, 0.25) is 0 Å². The summed E-state index contributed by atoms with van der Waals surface area (Å²) < 4.78 is 0. The predicted octanol–water partition coefficient (Wildman–Crippen LogP) is -0.445. The number of amides is 2. The minimum absolute atomic E-state index is 0.464. The van der Waals surface area contributed by atoms with E-state index in [0.29, 0.717) is 13.1 Å². The van der Waals surface area contributed by atoms with Gasteiger partial charge < -0.3 is 15.5 Å². The van der Waals surface area contributed by atoms with E-state index in [-0.39, 0.29) is 0 Å². The normalized spacial score (nSPS) is 20.5. The van der Waals surface area contributed by atoms with Crippen LogP contribution in [0.5, 0.6) is 0 Å². The minimum Gasteiger partial charge on any atom is -0.346 e. The molecule has 21 heavy (non-hydrogen) atoms. The summed E-state index contributed by atoms with van der Waals surface area (Å²) in [5, 5.41) is 5.92. The van der Waals surface area contributed by atoms with Gasteiger partial charge in [-0.2, -0.15) is 0 Å². The third-order valence-corrected chi connectivity index (χ3v) is 3.95. The van der Waals surface area contributed by atoms with Crippen molar-refractivity contribution in [2.45, 2.75) is 6.54 Å². The van der Waals surface area contributed by atoms with E-state index in [4.69, 9.17) is 0 Å². The molecule has 0 aromatic heterocycles. The van der Waals surface area contributed by atoms with Gasteiger partial charge in [-0.05, 0) is 11.6 Å². The van der Waals surface area contributed by atoms with Gasteiger partial charge in [0.25, 0.3) is 0 Å². The first-order chi connectivity index (χ1) is 10.3. The number of hydrogen-bond donors (Lipinski definition) is 2. The highest BCUT2D eigenvalue weighted by Crippen LogP contribution is 2.23. The SMILES string of the molecule is O=C1NCCN(c2ccccc2CN2CCNCC2)C1=O. The van der Waals surface area contributed by atoms with Gasteiger partial charge in [-0.15, -0.1) is 0 Å². The zero-order valence-electron chi connectivity index (χ0n) is 12.0. The van der Waals surface area contributed by atoms with Crippen molar-refractivity contribution in [3.05, 3.63) is 29.8 Å². The number of nitrogens with zero attached hydrogens (tertiary/aromatic N) is 2. The van der Waals surface area contributed by atoms with Crippen molar-refractivity contribution in [2.24, 2.45) is 0 Å². The van der Waals surface area contributed by atoms with Crippen LogP contribution in [0.2, 0.25) is 0 Å². The third kappa shape index (κ3) is 3.06. The largest absolute Gasteiger partial charge is 0.346 e. The summed E-state index contributed by atoms with van der Waals surface area (Å²) in [5.74, 6) is -0.979. The van der Waals surface area contributed by atoms with Crippen LogP contribution in [0.25, 0.3) is 0 Å². The van der Waals surface area contributed by atoms with Gasteiger partial charge in [-0.1, -0.05) is 18.2 Å². The van der Waals surface area contributed by atoms with Crippen LogP contribution < -0.4 is 15.5 Å². The zero-order chi connectivity index (χ0) is 14.7. The molecule has 0 atom stereocenters. The molecule has 0 saturated carbocycles. The van der Waals surface area contributed by atoms with Gasteiger partial charge in [0, 0.05) is 51.5 Å². The van der Waals surface area contributed by atoms with Crippen LogP contribution in [-0.2, 0) is 16.1 Å². The average molecular weight is 288 g/mol. The second-order valence-electron chi connectivity index (χ2n) is 5.37. The average Bonchev–Trinajstić information content (AvgIpc) is 2.52. The van der Waals surface area contributed by atoms with Crippen molar-refractivity contribution in [1.29, 1.82) is 0 Å². The number of rotatable bonds is 3. The Morgan fingerprint density at radius 1 is 1.00 bits per heavy atom. The van der Waals surface area contributed by atoms with Crippen LogP contribution in [0.15, 0.2) is 24.3 Å². The molecule has 2 heterocycles. The molecular weight excluding hydrogens is 268 g/mol. The lowest BCUT2D eigenvalue weighted by Crippen LogP contribution is -2.52. The van der Waals surface area contributed by atoms with Crippen molar-refractivity contribution in [1.82, 2.24) is 15.5 Å². The van der Waals surface area contributed by atoms with Crippen LogP contribution >= 0.6 is 0 Å². The summed E-state index contributed by atoms with van der Waals surface area (Å²) >= 11 is 0. The number of para-hydroxylation sites is 1. The first-order valence-electron chi connectivity index (χ1n) is 7.36. The minimum atomic E-state index is -0.516. The number of carbonyl (C=O) groups excluding carboxylic acids is 2. The highest BCUT2D eigenvalue weighted by atomic mass is 16.2. The topological polar surface area (TPSA) is 64.7 Å². The highest BCUT2D eigenvalue weighted by Gasteiger charge is 2.28. The molecule has 2 aliphatic heterocycles. The highest BCUT2D eigenvalue weighted by molar-refractivity contribution is 6.41. The van der Waals surface area contributed by atoms with Crippen molar-refractivity contribution in [2.75, 3.05) is 44.2 Å². The van der Waals surface area contributed by atoms with E-state index in [1.165, 1.54) is 0 Å². The summed E-state index contributed by atoms with van der Waals surface area (Å²) in [5.41, 5.74) is 1.96. The molecule has 2 aliphatic rings. The number of piperazine rings is 2. The van der Waals surface area contributed by atoms with E-state index < -0.39 is 11.8 Å². The van der Waals surface area contributed by atoms with Crippen molar-refractivity contribution in [3.8, 4) is 0 Å². The lowest BCUT2D eigenvalue weighted by molar-refractivity contribution is -0.138. The molecule has 0 radical (unpaired) electrons.